The van der Waals surface area contributed by atoms with E-state index in [1.165, 1.54) is 0 Å². The molecule has 1 saturated heterocycles. The Kier molecular flexibility index (Phi) is 5.84. The Bertz CT molecular complexity index is 793. The number of amides is 3. The van der Waals surface area contributed by atoms with Gasteiger partial charge in [-0.15, -0.1) is 0 Å². The first-order chi connectivity index (χ1) is 12.6. The summed E-state index contributed by atoms with van der Waals surface area (Å²) in [4.78, 5) is 35.8. The number of fused-ring (bicyclic) bond motifs is 1. The zero-order valence-electron chi connectivity index (χ0n) is 14.6. The molecule has 0 aliphatic carbocycles. The van der Waals surface area contributed by atoms with Crippen molar-refractivity contribution < 1.29 is 14.4 Å². The summed E-state index contributed by atoms with van der Waals surface area (Å²) in [6.07, 6.45) is 1.21. The van der Waals surface area contributed by atoms with Crippen LogP contribution in [-0.2, 0) is 20.8 Å². The highest BCUT2D eigenvalue weighted by Gasteiger charge is 2.18. The lowest BCUT2D eigenvalue weighted by atomic mass is 9.99. The second-order valence-corrected chi connectivity index (χ2v) is 6.55. The highest BCUT2D eigenvalue weighted by Crippen LogP contribution is 2.17. The van der Waals surface area contributed by atoms with Gasteiger partial charge in [0.15, 0.2) is 0 Å². The van der Waals surface area contributed by atoms with Gasteiger partial charge in [-0.1, -0.05) is 42.5 Å². The average molecular weight is 353 g/mol. The zero-order valence-corrected chi connectivity index (χ0v) is 14.6. The molecule has 1 aliphatic heterocycles. The third kappa shape index (κ3) is 5.05. The first-order valence-corrected chi connectivity index (χ1v) is 8.90. The highest BCUT2D eigenvalue weighted by molar-refractivity contribution is 5.84. The van der Waals surface area contributed by atoms with E-state index in [1.807, 2.05) is 24.3 Å². The van der Waals surface area contributed by atoms with Gasteiger partial charge in [-0.25, -0.2) is 0 Å². The van der Waals surface area contributed by atoms with Gasteiger partial charge in [-0.2, -0.15) is 0 Å². The molecule has 2 aromatic carbocycles. The fourth-order valence-electron chi connectivity index (χ4n) is 3.14. The van der Waals surface area contributed by atoms with E-state index in [-0.39, 0.29) is 43.0 Å². The minimum atomic E-state index is -0.279. The predicted octanol–water partition coefficient (Wildman–Crippen LogP) is 1.28. The Balaban J connectivity index is 1.72. The van der Waals surface area contributed by atoms with E-state index in [2.05, 4.69) is 34.1 Å². The van der Waals surface area contributed by atoms with Gasteiger partial charge < -0.3 is 16.0 Å². The zero-order chi connectivity index (χ0) is 18.4. The maximum atomic E-state index is 12.1. The molecule has 3 amide bonds. The van der Waals surface area contributed by atoms with Crippen LogP contribution in [0, 0.1) is 0 Å². The molecule has 0 radical (unpaired) electrons. The van der Waals surface area contributed by atoms with Gasteiger partial charge in [0.25, 0.3) is 0 Å². The van der Waals surface area contributed by atoms with Crippen LogP contribution in [-0.4, -0.2) is 36.9 Å². The standard InChI is InChI=1S/C20H23N3O3/c24-18-7-9-22-20(26)13-17(23-19(25)8-10-21-18)12-14-5-6-15-3-1-2-4-16(15)11-14/h1-6,11,17H,7-10,12-13H2,(H,21,24)(H,22,26)(H,23,25). The molecule has 2 aromatic rings. The summed E-state index contributed by atoms with van der Waals surface area (Å²) in [5.41, 5.74) is 1.07. The molecule has 0 saturated carbocycles. The van der Waals surface area contributed by atoms with E-state index in [0.29, 0.717) is 19.5 Å². The van der Waals surface area contributed by atoms with E-state index in [1.54, 1.807) is 0 Å². The van der Waals surface area contributed by atoms with Gasteiger partial charge in [-0.3, -0.25) is 14.4 Å². The molecule has 26 heavy (non-hydrogen) atoms. The number of nitrogens with one attached hydrogen (secondary N) is 3. The van der Waals surface area contributed by atoms with Gasteiger partial charge in [0.1, 0.15) is 0 Å². The summed E-state index contributed by atoms with van der Waals surface area (Å²) in [6.45, 7) is 0.614. The van der Waals surface area contributed by atoms with Crippen LogP contribution in [0.1, 0.15) is 24.8 Å². The second-order valence-electron chi connectivity index (χ2n) is 6.55. The minimum absolute atomic E-state index is 0.161. The summed E-state index contributed by atoms with van der Waals surface area (Å²) >= 11 is 0. The molecule has 3 rings (SSSR count). The summed E-state index contributed by atoms with van der Waals surface area (Å²) < 4.78 is 0. The number of rotatable bonds is 2. The Hall–Kier alpha value is -2.89. The minimum Gasteiger partial charge on any atom is -0.356 e. The Labute approximate surface area is 152 Å². The quantitative estimate of drug-likeness (QED) is 0.760. The van der Waals surface area contributed by atoms with Crippen LogP contribution < -0.4 is 16.0 Å². The maximum Gasteiger partial charge on any atom is 0.222 e. The van der Waals surface area contributed by atoms with Crippen LogP contribution in [0.3, 0.4) is 0 Å². The van der Waals surface area contributed by atoms with E-state index in [9.17, 15) is 14.4 Å². The molecule has 6 heteroatoms. The fourth-order valence-corrected chi connectivity index (χ4v) is 3.14. The Morgan fingerprint density at radius 3 is 2.31 bits per heavy atom. The largest absolute Gasteiger partial charge is 0.356 e. The van der Waals surface area contributed by atoms with Gasteiger partial charge >= 0.3 is 0 Å². The summed E-state index contributed by atoms with van der Waals surface area (Å²) in [7, 11) is 0. The lowest BCUT2D eigenvalue weighted by molar-refractivity contribution is -0.124. The van der Waals surface area contributed by atoms with Gasteiger partial charge in [0, 0.05) is 38.4 Å². The second kappa shape index (κ2) is 8.47. The van der Waals surface area contributed by atoms with Crippen molar-refractivity contribution in [2.75, 3.05) is 13.1 Å². The van der Waals surface area contributed by atoms with Gasteiger partial charge in [0.2, 0.25) is 17.7 Å². The van der Waals surface area contributed by atoms with E-state index < -0.39 is 0 Å². The third-order valence-corrected chi connectivity index (χ3v) is 4.44. The summed E-state index contributed by atoms with van der Waals surface area (Å²) in [5, 5.41) is 10.6. The third-order valence-electron chi connectivity index (χ3n) is 4.44. The molecular weight excluding hydrogens is 330 g/mol. The van der Waals surface area contributed by atoms with Crippen molar-refractivity contribution in [3.8, 4) is 0 Å². The van der Waals surface area contributed by atoms with Crippen molar-refractivity contribution in [1.29, 1.82) is 0 Å². The normalized spacial score (nSPS) is 19.7. The number of carbonyl (C=O) groups is 3. The van der Waals surface area contributed by atoms with E-state index >= 15 is 0 Å². The SMILES string of the molecule is O=C1CCNC(=O)CC(Cc2ccc3ccccc3c2)NC(=O)CCN1. The molecule has 1 atom stereocenters. The number of carbonyl (C=O) groups excluding carboxylic acids is 3. The Morgan fingerprint density at radius 1 is 0.808 bits per heavy atom. The molecule has 0 bridgehead atoms. The average Bonchev–Trinajstić information content (AvgIpc) is 2.60. The van der Waals surface area contributed by atoms with Gasteiger partial charge in [-0.05, 0) is 22.8 Å². The van der Waals surface area contributed by atoms with Crippen LogP contribution in [0.2, 0.25) is 0 Å². The number of hydrogen-bond acceptors (Lipinski definition) is 3. The number of hydrogen-bond donors (Lipinski definition) is 3. The molecule has 0 spiro atoms. The van der Waals surface area contributed by atoms with Crippen molar-refractivity contribution in [1.82, 2.24) is 16.0 Å². The van der Waals surface area contributed by atoms with E-state index in [0.717, 1.165) is 16.3 Å². The monoisotopic (exact) mass is 353 g/mol. The summed E-state index contributed by atoms with van der Waals surface area (Å²) in [5.74, 6) is -0.486. The molecule has 1 aliphatic rings. The maximum absolute atomic E-state index is 12.1. The fraction of sp³-hybridized carbons (Fsp3) is 0.350. The molecule has 6 nitrogen and oxygen atoms in total. The van der Waals surface area contributed by atoms with E-state index in [4.69, 9.17) is 0 Å². The molecule has 136 valence electrons. The van der Waals surface area contributed by atoms with Crippen LogP contribution >= 0.6 is 0 Å². The van der Waals surface area contributed by atoms with Crippen molar-refractivity contribution in [3.05, 3.63) is 48.0 Å². The van der Waals surface area contributed by atoms with Crippen molar-refractivity contribution in [2.24, 2.45) is 0 Å². The molecule has 3 N–H and O–H groups in total. The molecule has 1 fully saturated rings. The van der Waals surface area contributed by atoms with Crippen LogP contribution in [0.15, 0.2) is 42.5 Å². The lowest BCUT2D eigenvalue weighted by Gasteiger charge is -2.20. The molecule has 1 unspecified atom stereocenters. The highest BCUT2D eigenvalue weighted by atomic mass is 16.2. The van der Waals surface area contributed by atoms with Crippen molar-refractivity contribution in [3.63, 3.8) is 0 Å². The topological polar surface area (TPSA) is 87.3 Å². The summed E-state index contributed by atoms with van der Waals surface area (Å²) in [6, 6.07) is 14.0. The molecule has 0 aromatic heterocycles. The van der Waals surface area contributed by atoms with Crippen molar-refractivity contribution in [2.45, 2.75) is 31.7 Å². The smallest absolute Gasteiger partial charge is 0.222 e. The van der Waals surface area contributed by atoms with Crippen LogP contribution in [0.25, 0.3) is 10.8 Å². The Morgan fingerprint density at radius 2 is 1.50 bits per heavy atom. The van der Waals surface area contributed by atoms with Gasteiger partial charge in [0.05, 0.1) is 0 Å². The van der Waals surface area contributed by atoms with Crippen LogP contribution in [0.4, 0.5) is 0 Å². The molecule has 1 heterocycles. The first kappa shape index (κ1) is 17.9. The lowest BCUT2D eigenvalue weighted by Crippen LogP contribution is -2.43. The molecular formula is C20H23N3O3. The number of benzene rings is 2. The van der Waals surface area contributed by atoms with Crippen LogP contribution in [0.5, 0.6) is 0 Å². The first-order valence-electron chi connectivity index (χ1n) is 8.90. The predicted molar refractivity (Wildman–Crippen MR) is 99.5 cm³/mol. The van der Waals surface area contributed by atoms with Crippen molar-refractivity contribution >= 4 is 28.5 Å².